The van der Waals surface area contributed by atoms with Crippen LogP contribution >= 0.6 is 0 Å². The number of aromatic nitrogens is 2. The third-order valence-corrected chi connectivity index (χ3v) is 4.77. The summed E-state index contributed by atoms with van der Waals surface area (Å²) in [4.78, 5) is 21.4. The molecule has 3 aromatic rings. The number of hydrogen-bond donors (Lipinski definition) is 2. The van der Waals surface area contributed by atoms with Crippen LogP contribution in [0.25, 0.3) is 0 Å². The fourth-order valence-electron chi connectivity index (χ4n) is 3.16. The van der Waals surface area contributed by atoms with E-state index in [0.29, 0.717) is 11.6 Å². The van der Waals surface area contributed by atoms with Gasteiger partial charge in [0.15, 0.2) is 0 Å². The van der Waals surface area contributed by atoms with Gasteiger partial charge in [0.05, 0.1) is 6.04 Å². The van der Waals surface area contributed by atoms with Gasteiger partial charge in [0.1, 0.15) is 5.69 Å². The molecule has 2 N–H and O–H groups in total. The van der Waals surface area contributed by atoms with Crippen LogP contribution in [0.4, 0.5) is 11.6 Å². The summed E-state index contributed by atoms with van der Waals surface area (Å²) in [6, 6.07) is 17.6. The molecule has 28 heavy (non-hydrogen) atoms. The van der Waals surface area contributed by atoms with Crippen LogP contribution < -0.4 is 10.6 Å². The molecule has 0 fully saturated rings. The molecule has 0 radical (unpaired) electrons. The maximum absolute atomic E-state index is 12.7. The van der Waals surface area contributed by atoms with Gasteiger partial charge in [-0.1, -0.05) is 62.4 Å². The lowest BCUT2D eigenvalue weighted by Crippen LogP contribution is -2.27. The van der Waals surface area contributed by atoms with E-state index in [2.05, 4.69) is 52.6 Å². The molecule has 3 rings (SSSR count). The van der Waals surface area contributed by atoms with Gasteiger partial charge in [0, 0.05) is 11.9 Å². The Labute approximate surface area is 166 Å². The number of nitrogens with one attached hydrogen (secondary N) is 2. The van der Waals surface area contributed by atoms with Gasteiger partial charge in [-0.25, -0.2) is 9.97 Å². The molecule has 0 spiro atoms. The molecule has 1 amide bonds. The predicted molar refractivity (Wildman–Crippen MR) is 113 cm³/mol. The molecule has 144 valence electrons. The smallest absolute Gasteiger partial charge is 0.270 e. The molecule has 0 bridgehead atoms. The fourth-order valence-corrected chi connectivity index (χ4v) is 3.16. The molecular weight excluding hydrogens is 348 g/mol. The fraction of sp³-hybridized carbons (Fsp3) is 0.261. The van der Waals surface area contributed by atoms with Crippen LogP contribution in [-0.4, -0.2) is 15.9 Å². The molecule has 1 heterocycles. The number of carbonyl (C=O) groups is 1. The summed E-state index contributed by atoms with van der Waals surface area (Å²) in [5.74, 6) is 0.205. The number of rotatable bonds is 7. The van der Waals surface area contributed by atoms with Crippen molar-refractivity contribution >= 4 is 17.5 Å². The first-order valence-corrected chi connectivity index (χ1v) is 9.69. The first kappa shape index (κ1) is 19.5. The Bertz CT molecular complexity index is 918. The zero-order chi connectivity index (χ0) is 19.9. The van der Waals surface area contributed by atoms with Crippen molar-refractivity contribution in [2.75, 3.05) is 5.32 Å². The van der Waals surface area contributed by atoms with Gasteiger partial charge in [0.2, 0.25) is 5.95 Å². The zero-order valence-electron chi connectivity index (χ0n) is 16.6. The molecule has 1 unspecified atom stereocenters. The summed E-state index contributed by atoms with van der Waals surface area (Å²) in [6.07, 6.45) is 3.42. The quantitative estimate of drug-likeness (QED) is 0.621. The Balaban J connectivity index is 1.78. The monoisotopic (exact) mass is 374 g/mol. The molecule has 1 aromatic heterocycles. The number of carbonyl (C=O) groups excluding carboxylic acids is 1. The summed E-state index contributed by atoms with van der Waals surface area (Å²) in [5.41, 5.74) is 4.83. The van der Waals surface area contributed by atoms with E-state index in [1.54, 1.807) is 12.3 Å². The van der Waals surface area contributed by atoms with E-state index in [9.17, 15) is 4.79 Å². The molecule has 0 aliphatic rings. The molecular formula is C23H26N4O. The minimum Gasteiger partial charge on any atom is -0.344 e. The highest BCUT2D eigenvalue weighted by Crippen LogP contribution is 2.25. The zero-order valence-corrected chi connectivity index (χ0v) is 16.6. The lowest BCUT2D eigenvalue weighted by Gasteiger charge is -2.16. The molecule has 0 aliphatic heterocycles. The van der Waals surface area contributed by atoms with Crippen molar-refractivity contribution in [1.29, 1.82) is 0 Å². The second kappa shape index (κ2) is 9.13. The van der Waals surface area contributed by atoms with E-state index in [1.165, 1.54) is 11.1 Å². The average molecular weight is 374 g/mol. The normalized spacial score (nSPS) is 11.7. The second-order valence-corrected chi connectivity index (χ2v) is 6.65. The Kier molecular flexibility index (Phi) is 6.37. The molecule has 0 aliphatic carbocycles. The van der Waals surface area contributed by atoms with E-state index in [0.717, 1.165) is 24.1 Å². The minimum absolute atomic E-state index is 0.104. The van der Waals surface area contributed by atoms with Gasteiger partial charge in [-0.2, -0.15) is 0 Å². The third kappa shape index (κ3) is 4.55. The minimum atomic E-state index is -0.221. The van der Waals surface area contributed by atoms with Crippen LogP contribution in [0.2, 0.25) is 0 Å². The highest BCUT2D eigenvalue weighted by atomic mass is 16.1. The molecule has 5 heteroatoms. The van der Waals surface area contributed by atoms with E-state index in [-0.39, 0.29) is 11.9 Å². The Morgan fingerprint density at radius 1 is 0.964 bits per heavy atom. The molecule has 5 nitrogen and oxygen atoms in total. The van der Waals surface area contributed by atoms with Crippen molar-refractivity contribution in [1.82, 2.24) is 15.3 Å². The largest absolute Gasteiger partial charge is 0.344 e. The Morgan fingerprint density at radius 3 is 2.29 bits per heavy atom. The van der Waals surface area contributed by atoms with Gasteiger partial charge in [0.25, 0.3) is 5.91 Å². The predicted octanol–water partition coefficient (Wildman–Crippen LogP) is 4.84. The van der Waals surface area contributed by atoms with E-state index >= 15 is 0 Å². The Hall–Kier alpha value is -3.21. The maximum atomic E-state index is 12.7. The SMILES string of the molecule is CCc1cccc(CC)c1Nc1nccc(C(=O)NC(C)c2ccccc2)n1. The number of benzene rings is 2. The summed E-state index contributed by atoms with van der Waals surface area (Å²) < 4.78 is 0. The van der Waals surface area contributed by atoms with Crippen LogP contribution in [0.5, 0.6) is 0 Å². The number of anilines is 2. The molecule has 1 atom stereocenters. The number of nitrogens with zero attached hydrogens (tertiary/aromatic N) is 2. The van der Waals surface area contributed by atoms with Crippen molar-refractivity contribution in [2.45, 2.75) is 39.7 Å². The summed E-state index contributed by atoms with van der Waals surface area (Å²) in [7, 11) is 0. The molecule has 2 aromatic carbocycles. The van der Waals surface area contributed by atoms with Gasteiger partial charge in [-0.3, -0.25) is 4.79 Å². The van der Waals surface area contributed by atoms with Crippen LogP contribution in [0.1, 0.15) is 54.0 Å². The van der Waals surface area contributed by atoms with Crippen molar-refractivity contribution < 1.29 is 4.79 Å². The summed E-state index contributed by atoms with van der Waals surface area (Å²) >= 11 is 0. The van der Waals surface area contributed by atoms with E-state index in [1.807, 2.05) is 37.3 Å². The van der Waals surface area contributed by atoms with E-state index < -0.39 is 0 Å². The maximum Gasteiger partial charge on any atom is 0.270 e. The van der Waals surface area contributed by atoms with Crippen molar-refractivity contribution in [3.8, 4) is 0 Å². The van der Waals surface area contributed by atoms with Crippen LogP contribution in [0, 0.1) is 0 Å². The summed E-state index contributed by atoms with van der Waals surface area (Å²) in [5, 5.41) is 6.31. The standard InChI is InChI=1S/C23H26N4O/c1-4-17-12-9-13-18(5-2)21(17)27-23-24-15-14-20(26-23)22(28)25-16(3)19-10-7-6-8-11-19/h6-16H,4-5H2,1-3H3,(H,25,28)(H,24,26,27). The average Bonchev–Trinajstić information content (AvgIpc) is 2.74. The van der Waals surface area contributed by atoms with Gasteiger partial charge < -0.3 is 10.6 Å². The van der Waals surface area contributed by atoms with Crippen LogP contribution in [0.3, 0.4) is 0 Å². The highest BCUT2D eigenvalue weighted by Gasteiger charge is 2.14. The number of hydrogen-bond acceptors (Lipinski definition) is 4. The number of para-hydroxylation sites is 1. The van der Waals surface area contributed by atoms with Gasteiger partial charge >= 0.3 is 0 Å². The molecule has 0 saturated carbocycles. The van der Waals surface area contributed by atoms with Crippen LogP contribution in [-0.2, 0) is 12.8 Å². The number of aryl methyl sites for hydroxylation is 2. The highest BCUT2D eigenvalue weighted by molar-refractivity contribution is 5.92. The van der Waals surface area contributed by atoms with Gasteiger partial charge in [-0.15, -0.1) is 0 Å². The third-order valence-electron chi connectivity index (χ3n) is 4.77. The first-order chi connectivity index (χ1) is 13.6. The molecule has 0 saturated heterocycles. The van der Waals surface area contributed by atoms with Crippen molar-refractivity contribution in [3.63, 3.8) is 0 Å². The van der Waals surface area contributed by atoms with Crippen molar-refractivity contribution in [3.05, 3.63) is 83.2 Å². The topological polar surface area (TPSA) is 66.9 Å². The first-order valence-electron chi connectivity index (χ1n) is 9.69. The Morgan fingerprint density at radius 2 is 1.64 bits per heavy atom. The second-order valence-electron chi connectivity index (χ2n) is 6.65. The lowest BCUT2D eigenvalue weighted by atomic mass is 10.0. The van der Waals surface area contributed by atoms with Crippen LogP contribution in [0.15, 0.2) is 60.8 Å². The van der Waals surface area contributed by atoms with Crippen molar-refractivity contribution in [2.24, 2.45) is 0 Å². The van der Waals surface area contributed by atoms with Gasteiger partial charge in [-0.05, 0) is 42.5 Å². The van der Waals surface area contributed by atoms with E-state index in [4.69, 9.17) is 0 Å². The number of amides is 1. The summed E-state index contributed by atoms with van der Waals surface area (Å²) in [6.45, 7) is 6.20. The lowest BCUT2D eigenvalue weighted by molar-refractivity contribution is 0.0935.